The quantitative estimate of drug-likeness (QED) is 0.0478. The SMILES string of the molecule is Nc1nc(/C(=N\OCc2ccccc2)C(=O)NC2C(=O)N3C(C(=O)[O-])=C(CSc4cc[n+](CC(=O)[O-])cc4)CSC23)cs1.[Na+]. The van der Waals surface area contributed by atoms with E-state index in [0.29, 0.717) is 11.3 Å². The summed E-state index contributed by atoms with van der Waals surface area (Å²) in [4.78, 5) is 60.8. The maximum absolute atomic E-state index is 13.3. The molecule has 4 heterocycles. The largest absolute Gasteiger partial charge is 1.00 e. The van der Waals surface area contributed by atoms with Crippen LogP contribution in [0.25, 0.3) is 0 Å². The number of aromatic nitrogens is 2. The van der Waals surface area contributed by atoms with Crippen LogP contribution in [0.3, 0.4) is 0 Å². The van der Waals surface area contributed by atoms with Crippen LogP contribution in [0.4, 0.5) is 5.13 Å². The van der Waals surface area contributed by atoms with Crippen LogP contribution < -0.4 is 55.4 Å². The second-order valence-corrected chi connectivity index (χ2v) is 12.3. The summed E-state index contributed by atoms with van der Waals surface area (Å²) in [7, 11) is 0. The van der Waals surface area contributed by atoms with Gasteiger partial charge in [0.2, 0.25) is 0 Å². The van der Waals surface area contributed by atoms with Gasteiger partial charge in [-0.3, -0.25) is 14.5 Å². The second kappa shape index (κ2) is 15.0. The van der Waals surface area contributed by atoms with Crippen molar-refractivity contribution in [2.24, 2.45) is 5.16 Å². The molecule has 13 nitrogen and oxygen atoms in total. The average molecular weight is 663 g/mol. The predicted molar refractivity (Wildman–Crippen MR) is 154 cm³/mol. The Morgan fingerprint density at radius 1 is 1.18 bits per heavy atom. The standard InChI is InChI=1S/C27H24N6O7S3.Na/c28-27-29-18(14-43-27)20(31-40-11-15-4-2-1-3-5-15)23(36)30-21-24(37)33-22(26(38)39)16(13-42-25(21)33)12-41-17-6-8-32(9-7-17)10-19(34)35;/h1-9,14,21,25H,10-13H2,(H4-,28,29,30,34,35,36,38,39);/q;+1/p-1/b31-20+;. The number of pyridine rings is 1. The van der Waals surface area contributed by atoms with E-state index in [4.69, 9.17) is 10.6 Å². The van der Waals surface area contributed by atoms with Crippen molar-refractivity contribution < 1.29 is 68.4 Å². The summed E-state index contributed by atoms with van der Waals surface area (Å²) in [6.07, 6.45) is 3.16. The van der Waals surface area contributed by atoms with Gasteiger partial charge in [0.15, 0.2) is 29.8 Å². The number of carboxylic acid groups (broad SMARTS) is 2. The number of carbonyl (C=O) groups is 4. The van der Waals surface area contributed by atoms with Crippen molar-refractivity contribution in [2.75, 3.05) is 17.2 Å². The van der Waals surface area contributed by atoms with Crippen LogP contribution >= 0.6 is 34.9 Å². The number of hydrogen-bond acceptors (Lipinski definition) is 13. The first-order valence-electron chi connectivity index (χ1n) is 12.7. The van der Waals surface area contributed by atoms with Gasteiger partial charge in [-0.05, 0) is 11.1 Å². The third kappa shape index (κ3) is 7.80. The van der Waals surface area contributed by atoms with E-state index in [9.17, 15) is 29.4 Å². The minimum Gasteiger partial charge on any atom is -0.544 e. The molecular formula is C27H23N6NaO7S3. The molecule has 0 bridgehead atoms. The molecule has 2 amide bonds. The average Bonchev–Trinajstić information content (AvgIpc) is 3.42. The Hall–Kier alpha value is -3.41. The van der Waals surface area contributed by atoms with Crippen molar-refractivity contribution in [3.63, 3.8) is 0 Å². The number of carboxylic acids is 2. The second-order valence-electron chi connectivity index (χ2n) is 9.24. The van der Waals surface area contributed by atoms with E-state index in [1.54, 1.807) is 29.9 Å². The molecule has 0 spiro atoms. The number of thiazole rings is 1. The summed E-state index contributed by atoms with van der Waals surface area (Å²) in [6.45, 7) is -0.196. The third-order valence-corrected chi connectivity index (χ3v) is 9.43. The molecule has 2 unspecified atom stereocenters. The summed E-state index contributed by atoms with van der Waals surface area (Å²) in [5, 5.41) is 30.6. The number of anilines is 1. The van der Waals surface area contributed by atoms with Crippen molar-refractivity contribution in [3.05, 3.63) is 82.8 Å². The minimum absolute atomic E-state index is 0. The van der Waals surface area contributed by atoms with Gasteiger partial charge in [0.05, 0.1) is 11.7 Å². The van der Waals surface area contributed by atoms with Crippen molar-refractivity contribution >= 4 is 69.5 Å². The third-order valence-electron chi connectivity index (χ3n) is 6.32. The van der Waals surface area contributed by atoms with Crippen molar-refractivity contribution in [1.82, 2.24) is 15.2 Å². The molecule has 2 atom stereocenters. The van der Waals surface area contributed by atoms with Gasteiger partial charge in [-0.2, -0.15) is 4.57 Å². The summed E-state index contributed by atoms with van der Waals surface area (Å²) in [5.41, 5.74) is 6.85. The molecule has 2 aliphatic rings. The predicted octanol–water partition coefficient (Wildman–Crippen LogP) is -4.12. The molecule has 1 aromatic carbocycles. The van der Waals surface area contributed by atoms with Gasteiger partial charge in [0, 0.05) is 33.9 Å². The van der Waals surface area contributed by atoms with E-state index in [2.05, 4.69) is 15.5 Å². The molecular weight excluding hydrogens is 640 g/mol. The molecule has 44 heavy (non-hydrogen) atoms. The van der Waals surface area contributed by atoms with Gasteiger partial charge < -0.3 is 35.7 Å². The van der Waals surface area contributed by atoms with Crippen LogP contribution in [0.15, 0.2) is 81.6 Å². The van der Waals surface area contributed by atoms with Crippen molar-refractivity contribution in [2.45, 2.75) is 29.5 Å². The van der Waals surface area contributed by atoms with Gasteiger partial charge in [-0.15, -0.1) is 34.9 Å². The Kier molecular flexibility index (Phi) is 11.5. The number of amides is 2. The fraction of sp³-hybridized carbons (Fsp3) is 0.222. The first-order chi connectivity index (χ1) is 20.7. The molecule has 3 N–H and O–H groups in total. The number of oxime groups is 1. The summed E-state index contributed by atoms with van der Waals surface area (Å²) >= 11 is 3.76. The zero-order valence-electron chi connectivity index (χ0n) is 23.2. The minimum atomic E-state index is -1.49. The zero-order valence-corrected chi connectivity index (χ0v) is 27.7. The van der Waals surface area contributed by atoms with E-state index < -0.39 is 35.2 Å². The first-order valence-corrected chi connectivity index (χ1v) is 15.6. The van der Waals surface area contributed by atoms with Crippen LogP contribution in [0.2, 0.25) is 0 Å². The topological polar surface area (TPSA) is 194 Å². The van der Waals surface area contributed by atoms with E-state index in [-0.39, 0.29) is 70.7 Å². The number of nitrogens with zero attached hydrogens (tertiary/aromatic N) is 4. The molecule has 2 aliphatic heterocycles. The first kappa shape index (κ1) is 33.5. The number of fused-ring (bicyclic) bond motifs is 1. The van der Waals surface area contributed by atoms with E-state index in [1.807, 2.05) is 30.3 Å². The number of nitrogen functional groups attached to an aromatic ring is 1. The Morgan fingerprint density at radius 3 is 2.55 bits per heavy atom. The summed E-state index contributed by atoms with van der Waals surface area (Å²) < 4.78 is 1.44. The molecule has 17 heteroatoms. The Bertz CT molecular complexity index is 1620. The Morgan fingerprint density at radius 2 is 1.91 bits per heavy atom. The molecule has 0 aliphatic carbocycles. The molecule has 3 aromatic rings. The van der Waals surface area contributed by atoms with Gasteiger partial charge in [0.25, 0.3) is 11.8 Å². The molecule has 2 aromatic heterocycles. The number of aliphatic carboxylic acids is 2. The Balaban J connectivity index is 0.00000442. The van der Waals surface area contributed by atoms with Crippen molar-refractivity contribution in [3.8, 4) is 0 Å². The number of nitrogens with two attached hydrogens (primary N) is 1. The molecule has 0 saturated carbocycles. The molecule has 1 saturated heterocycles. The van der Waals surface area contributed by atoms with E-state index in [1.165, 1.54) is 28.1 Å². The number of nitrogens with one attached hydrogen (secondary N) is 1. The molecule has 222 valence electrons. The van der Waals surface area contributed by atoms with Crippen LogP contribution in [-0.4, -0.2) is 62.3 Å². The van der Waals surface area contributed by atoms with E-state index in [0.717, 1.165) is 26.7 Å². The Labute approximate surface area is 285 Å². The number of benzene rings is 1. The maximum Gasteiger partial charge on any atom is 1.00 e. The van der Waals surface area contributed by atoms with Crippen LogP contribution in [-0.2, 0) is 37.2 Å². The summed E-state index contributed by atoms with van der Waals surface area (Å²) in [6, 6.07) is 11.6. The van der Waals surface area contributed by atoms with Gasteiger partial charge in [-0.1, -0.05) is 35.5 Å². The van der Waals surface area contributed by atoms with Crippen LogP contribution in [0.5, 0.6) is 0 Å². The number of carbonyl (C=O) groups excluding carboxylic acids is 4. The number of thioether (sulfide) groups is 2. The number of hydrogen-bond donors (Lipinski definition) is 2. The smallest absolute Gasteiger partial charge is 0.544 e. The fourth-order valence-electron chi connectivity index (χ4n) is 4.30. The number of β-lactam (4-membered cyclic amide) rings is 1. The molecule has 1 fully saturated rings. The van der Waals surface area contributed by atoms with Gasteiger partial charge in [0.1, 0.15) is 29.7 Å². The van der Waals surface area contributed by atoms with Gasteiger partial charge in [-0.25, -0.2) is 4.98 Å². The van der Waals surface area contributed by atoms with Crippen LogP contribution in [0.1, 0.15) is 11.3 Å². The zero-order chi connectivity index (χ0) is 30.5. The fourth-order valence-corrected chi connectivity index (χ4v) is 7.22. The molecule has 5 rings (SSSR count). The molecule has 0 radical (unpaired) electrons. The van der Waals surface area contributed by atoms with Crippen LogP contribution in [0, 0.1) is 0 Å². The normalized spacial score (nSPS) is 17.7. The van der Waals surface area contributed by atoms with E-state index >= 15 is 0 Å². The summed E-state index contributed by atoms with van der Waals surface area (Å²) in [5.74, 6) is -3.49. The number of rotatable bonds is 12. The monoisotopic (exact) mass is 662 g/mol. The van der Waals surface area contributed by atoms with Gasteiger partial charge >= 0.3 is 29.6 Å². The maximum atomic E-state index is 13.3. The van der Waals surface area contributed by atoms with Crippen molar-refractivity contribution in [1.29, 1.82) is 0 Å².